The number of hydrogen-bond acceptors (Lipinski definition) is 11. The highest BCUT2D eigenvalue weighted by Crippen LogP contribution is 2.31. The fourth-order valence-electron chi connectivity index (χ4n) is 6.90. The summed E-state index contributed by atoms with van der Waals surface area (Å²) in [5.41, 5.74) is 4.25. The average molecular weight is 903 g/mol. The number of phenols is 1. The summed E-state index contributed by atoms with van der Waals surface area (Å²) in [6, 6.07) is 31.2. The number of unbranched alkanes of at least 4 members (excludes halogenated alkanes) is 2. The first-order valence-corrected chi connectivity index (χ1v) is 22.2. The van der Waals surface area contributed by atoms with Crippen molar-refractivity contribution in [1.29, 1.82) is 0 Å². The number of carboxylic acids is 1. The van der Waals surface area contributed by atoms with E-state index in [0.29, 0.717) is 49.4 Å². The lowest BCUT2D eigenvalue weighted by molar-refractivity contribution is -0.141. The molecule has 15 nitrogen and oxygen atoms in total. The standard InChI is InChI=1S/C48H47FN6O9S/c1-2-24-55(47(58)36-19-23-44(50-30-36)54-51-31-35-13-8-9-14-43(35)65(61,62)63)42-29-39(56)22-18-34(42)26-41(48(59)60)52-45(57)15-7-4-10-25-64-46-28-37(32-11-5-3-6-12-32)27-40(53-46)33-16-20-38(49)21-17-33/h3,5-6,8-9,11-14,16-23,27-30,41,56H,2,4,7,10,15,24-26,31H2,1H3,(H,52,57)(H,59,60)(H,61,62,63)/t41-/m0/s1. The first-order valence-electron chi connectivity index (χ1n) is 20.8. The third-order valence-corrected chi connectivity index (χ3v) is 11.1. The maximum absolute atomic E-state index is 13.9. The molecule has 0 aliphatic carbocycles. The van der Waals surface area contributed by atoms with Crippen molar-refractivity contribution in [2.75, 3.05) is 18.1 Å². The van der Waals surface area contributed by atoms with Gasteiger partial charge in [-0.2, -0.15) is 13.5 Å². The lowest BCUT2D eigenvalue weighted by atomic mass is 10.0. The predicted molar refractivity (Wildman–Crippen MR) is 241 cm³/mol. The van der Waals surface area contributed by atoms with Gasteiger partial charge in [0.05, 0.1) is 35.0 Å². The second kappa shape index (κ2) is 22.3. The van der Waals surface area contributed by atoms with E-state index in [0.717, 1.165) is 16.7 Å². The van der Waals surface area contributed by atoms with Crippen LogP contribution in [0.1, 0.15) is 60.5 Å². The Hall–Kier alpha value is -7.37. The van der Waals surface area contributed by atoms with Gasteiger partial charge in [-0.3, -0.25) is 14.1 Å². The van der Waals surface area contributed by atoms with Crippen molar-refractivity contribution in [1.82, 2.24) is 15.3 Å². The van der Waals surface area contributed by atoms with E-state index in [4.69, 9.17) is 4.74 Å². The lowest BCUT2D eigenvalue weighted by Crippen LogP contribution is -2.42. The van der Waals surface area contributed by atoms with Crippen LogP contribution in [0.3, 0.4) is 0 Å². The molecule has 0 unspecified atom stereocenters. The summed E-state index contributed by atoms with van der Waals surface area (Å²) >= 11 is 0. The van der Waals surface area contributed by atoms with E-state index in [2.05, 4.69) is 25.5 Å². The summed E-state index contributed by atoms with van der Waals surface area (Å²) in [4.78, 5) is 49.4. The van der Waals surface area contributed by atoms with Crippen molar-refractivity contribution in [3.05, 3.63) is 150 Å². The molecule has 0 aliphatic rings. The van der Waals surface area contributed by atoms with E-state index in [1.165, 1.54) is 71.8 Å². The molecule has 4 N–H and O–H groups in total. The van der Waals surface area contributed by atoms with Crippen LogP contribution < -0.4 is 15.0 Å². The number of aliphatic carboxylic acids is 1. The minimum atomic E-state index is -4.46. The molecule has 0 aliphatic heterocycles. The molecule has 6 rings (SSSR count). The van der Waals surface area contributed by atoms with Crippen molar-refractivity contribution in [2.24, 2.45) is 10.2 Å². The molecule has 0 radical (unpaired) electrons. The number of aromatic hydroxyl groups is 1. The summed E-state index contributed by atoms with van der Waals surface area (Å²) < 4.78 is 52.5. The van der Waals surface area contributed by atoms with Gasteiger partial charge in [0, 0.05) is 43.3 Å². The van der Waals surface area contributed by atoms with Crippen LogP contribution in [-0.4, -0.2) is 70.1 Å². The Balaban J connectivity index is 1.04. The molecule has 336 valence electrons. The number of nitrogens with zero attached hydrogens (tertiary/aromatic N) is 5. The lowest BCUT2D eigenvalue weighted by Gasteiger charge is -2.26. The van der Waals surface area contributed by atoms with Crippen LogP contribution >= 0.6 is 0 Å². The minimum Gasteiger partial charge on any atom is -0.508 e. The number of aromatic nitrogens is 2. The van der Waals surface area contributed by atoms with Crippen LogP contribution in [0, 0.1) is 5.82 Å². The van der Waals surface area contributed by atoms with Crippen LogP contribution in [0.15, 0.2) is 143 Å². The molecular weight excluding hydrogens is 856 g/mol. The van der Waals surface area contributed by atoms with Gasteiger partial charge in [-0.15, -0.1) is 5.11 Å². The van der Waals surface area contributed by atoms with Gasteiger partial charge < -0.3 is 25.2 Å². The number of carboxylic acid groups (broad SMARTS) is 1. The Bertz CT molecular complexity index is 2740. The summed E-state index contributed by atoms with van der Waals surface area (Å²) in [6.45, 7) is 2.20. The number of amides is 2. The number of ether oxygens (including phenoxy) is 1. The molecule has 2 aromatic heterocycles. The van der Waals surface area contributed by atoms with Crippen molar-refractivity contribution >= 4 is 39.4 Å². The van der Waals surface area contributed by atoms with Crippen LogP contribution in [0.5, 0.6) is 11.6 Å². The van der Waals surface area contributed by atoms with Crippen molar-refractivity contribution in [2.45, 2.75) is 62.9 Å². The van der Waals surface area contributed by atoms with Gasteiger partial charge in [0.2, 0.25) is 11.8 Å². The topological polar surface area (TPSA) is 221 Å². The SMILES string of the molecule is CCCN(C(=O)c1ccc(N=NCc2ccccc2S(=O)(=O)O)nc1)c1cc(O)ccc1C[C@H](NC(=O)CCCCCOc1cc(-c2ccccc2)cc(-c2ccc(F)cc2)n1)C(=O)O. The number of halogens is 1. The largest absolute Gasteiger partial charge is 0.508 e. The summed E-state index contributed by atoms with van der Waals surface area (Å²) in [5.74, 6) is -2.22. The van der Waals surface area contributed by atoms with Gasteiger partial charge in [0.25, 0.3) is 16.0 Å². The van der Waals surface area contributed by atoms with Crippen molar-refractivity contribution < 1.29 is 46.7 Å². The van der Waals surface area contributed by atoms with E-state index in [9.17, 15) is 42.0 Å². The minimum absolute atomic E-state index is 0.0591. The van der Waals surface area contributed by atoms with Crippen LogP contribution in [0.25, 0.3) is 22.4 Å². The van der Waals surface area contributed by atoms with Crippen molar-refractivity contribution in [3.63, 3.8) is 0 Å². The number of anilines is 1. The molecule has 6 aromatic rings. The smallest absolute Gasteiger partial charge is 0.326 e. The fourth-order valence-corrected chi connectivity index (χ4v) is 7.62. The molecule has 65 heavy (non-hydrogen) atoms. The molecule has 2 amide bonds. The molecule has 0 saturated carbocycles. The number of phenolic OH excluding ortho intramolecular Hbond substituents is 1. The Morgan fingerprint density at radius 2 is 1.60 bits per heavy atom. The molecule has 0 fully saturated rings. The number of benzene rings is 4. The van der Waals surface area contributed by atoms with Gasteiger partial charge >= 0.3 is 5.97 Å². The Morgan fingerprint density at radius 3 is 2.31 bits per heavy atom. The number of azo groups is 1. The molecule has 0 bridgehead atoms. The highest BCUT2D eigenvalue weighted by molar-refractivity contribution is 7.85. The Labute approximate surface area is 375 Å². The monoisotopic (exact) mass is 902 g/mol. The zero-order valence-electron chi connectivity index (χ0n) is 35.4. The fraction of sp³-hybridized carbons (Fsp3) is 0.229. The number of pyridine rings is 2. The molecule has 0 spiro atoms. The maximum Gasteiger partial charge on any atom is 0.326 e. The Morgan fingerprint density at radius 1 is 0.846 bits per heavy atom. The first-order chi connectivity index (χ1) is 31.3. The molecule has 4 aromatic carbocycles. The zero-order valence-corrected chi connectivity index (χ0v) is 36.2. The average Bonchev–Trinajstić information content (AvgIpc) is 3.30. The molecule has 0 saturated heterocycles. The second-order valence-corrected chi connectivity index (χ2v) is 16.3. The maximum atomic E-state index is 13.9. The first kappa shape index (κ1) is 47.1. The number of nitrogens with one attached hydrogen (secondary N) is 1. The van der Waals surface area contributed by atoms with E-state index >= 15 is 0 Å². The van der Waals surface area contributed by atoms with Gasteiger partial charge in [-0.05, 0) is 103 Å². The van der Waals surface area contributed by atoms with Crippen molar-refractivity contribution in [3.8, 4) is 34.0 Å². The molecule has 2 heterocycles. The quantitative estimate of drug-likeness (QED) is 0.0303. The highest BCUT2D eigenvalue weighted by atomic mass is 32.2. The molecule has 1 atom stereocenters. The van der Waals surface area contributed by atoms with E-state index in [1.54, 1.807) is 18.2 Å². The third-order valence-electron chi connectivity index (χ3n) is 10.1. The van der Waals surface area contributed by atoms with Crippen LogP contribution in [0.4, 0.5) is 15.9 Å². The van der Waals surface area contributed by atoms with E-state index < -0.39 is 33.9 Å². The van der Waals surface area contributed by atoms with E-state index in [1.807, 2.05) is 49.4 Å². The predicted octanol–water partition coefficient (Wildman–Crippen LogP) is 8.99. The summed E-state index contributed by atoms with van der Waals surface area (Å²) in [7, 11) is -4.46. The Kier molecular flexibility index (Phi) is 16.2. The summed E-state index contributed by atoms with van der Waals surface area (Å²) in [5, 5.41) is 31.2. The number of hydrogen-bond donors (Lipinski definition) is 4. The summed E-state index contributed by atoms with van der Waals surface area (Å²) in [6.07, 6.45) is 3.31. The van der Waals surface area contributed by atoms with Gasteiger partial charge in [-0.25, -0.2) is 19.2 Å². The van der Waals surface area contributed by atoms with Crippen LogP contribution in [0.2, 0.25) is 0 Å². The van der Waals surface area contributed by atoms with E-state index in [-0.39, 0.29) is 65.0 Å². The third kappa shape index (κ3) is 13.3. The van der Waals surface area contributed by atoms with Gasteiger partial charge in [0.1, 0.15) is 17.6 Å². The molecular formula is C48H47FN6O9S. The van der Waals surface area contributed by atoms with Crippen LogP contribution in [-0.2, 0) is 32.7 Å². The molecule has 17 heteroatoms. The van der Waals surface area contributed by atoms with Gasteiger partial charge in [0.15, 0.2) is 5.82 Å². The normalized spacial score (nSPS) is 11.9. The number of carbonyl (C=O) groups is 3. The van der Waals surface area contributed by atoms with Gasteiger partial charge in [-0.1, -0.05) is 61.5 Å². The number of carbonyl (C=O) groups excluding carboxylic acids is 2. The number of rotatable bonds is 21. The zero-order chi connectivity index (χ0) is 46.3. The highest BCUT2D eigenvalue weighted by Gasteiger charge is 2.26. The second-order valence-electron chi connectivity index (χ2n) is 14.9.